The summed E-state index contributed by atoms with van der Waals surface area (Å²) in [6.07, 6.45) is 0. The summed E-state index contributed by atoms with van der Waals surface area (Å²) >= 11 is 0. The summed E-state index contributed by atoms with van der Waals surface area (Å²) in [5.41, 5.74) is 1.41. The number of para-hydroxylation sites is 1. The Kier molecular flexibility index (Phi) is 7.41. The number of nitrogens with one attached hydrogen (secondary N) is 2. The third kappa shape index (κ3) is 6.44. The van der Waals surface area contributed by atoms with E-state index >= 15 is 0 Å². The molecule has 144 valence electrons. The predicted molar refractivity (Wildman–Crippen MR) is 108 cm³/mol. The molecule has 5 nitrogen and oxygen atoms in total. The molecular formula is C22H28N2O3. The zero-order chi connectivity index (χ0) is 19.8. The van der Waals surface area contributed by atoms with Crippen LogP contribution in [-0.4, -0.2) is 25.0 Å². The van der Waals surface area contributed by atoms with Crippen molar-refractivity contribution in [3.8, 4) is 5.75 Å². The molecule has 2 rings (SSSR count). The first-order valence-corrected chi connectivity index (χ1v) is 9.28. The molecule has 2 aromatic carbocycles. The molecule has 27 heavy (non-hydrogen) atoms. The maximum Gasteiger partial charge on any atom is 0.255 e. The van der Waals surface area contributed by atoms with Crippen molar-refractivity contribution in [2.45, 2.75) is 27.7 Å². The van der Waals surface area contributed by atoms with E-state index < -0.39 is 0 Å². The Balaban J connectivity index is 2.12. The molecular weight excluding hydrogens is 340 g/mol. The number of carbonyl (C=O) groups excluding carboxylic acids is 2. The van der Waals surface area contributed by atoms with Crippen LogP contribution in [0.2, 0.25) is 0 Å². The van der Waals surface area contributed by atoms with Gasteiger partial charge in [-0.15, -0.1) is 0 Å². The summed E-state index contributed by atoms with van der Waals surface area (Å²) in [4.78, 5) is 25.1. The average molecular weight is 368 g/mol. The van der Waals surface area contributed by atoms with Crippen molar-refractivity contribution in [1.29, 1.82) is 0 Å². The molecule has 0 radical (unpaired) electrons. The van der Waals surface area contributed by atoms with Crippen LogP contribution in [-0.2, 0) is 0 Å². The van der Waals surface area contributed by atoms with Crippen LogP contribution in [0, 0.1) is 11.8 Å². The third-order valence-electron chi connectivity index (χ3n) is 3.77. The minimum Gasteiger partial charge on any atom is -0.493 e. The van der Waals surface area contributed by atoms with E-state index in [-0.39, 0.29) is 11.8 Å². The highest BCUT2D eigenvalue weighted by molar-refractivity contribution is 6.09. The summed E-state index contributed by atoms with van der Waals surface area (Å²) in [5.74, 6) is 0.921. The Morgan fingerprint density at radius 3 is 2.37 bits per heavy atom. The van der Waals surface area contributed by atoms with Gasteiger partial charge < -0.3 is 15.4 Å². The molecule has 0 aliphatic heterocycles. The number of carbonyl (C=O) groups is 2. The molecule has 0 heterocycles. The minimum absolute atomic E-state index is 0.200. The van der Waals surface area contributed by atoms with E-state index in [4.69, 9.17) is 4.74 Å². The predicted octanol–water partition coefficient (Wildman–Crippen LogP) is 4.36. The van der Waals surface area contributed by atoms with Gasteiger partial charge in [0.1, 0.15) is 5.75 Å². The zero-order valence-electron chi connectivity index (χ0n) is 16.4. The molecule has 2 N–H and O–H groups in total. The van der Waals surface area contributed by atoms with Crippen LogP contribution in [0.25, 0.3) is 0 Å². The number of hydrogen-bond donors (Lipinski definition) is 2. The fourth-order valence-corrected chi connectivity index (χ4v) is 2.37. The van der Waals surface area contributed by atoms with Gasteiger partial charge in [0.05, 0.1) is 17.9 Å². The van der Waals surface area contributed by atoms with Crippen molar-refractivity contribution in [3.05, 3.63) is 59.7 Å². The first kappa shape index (κ1) is 20.5. The quantitative estimate of drug-likeness (QED) is 0.727. The number of benzene rings is 2. The lowest BCUT2D eigenvalue weighted by molar-refractivity contribution is 0.0950. The van der Waals surface area contributed by atoms with Gasteiger partial charge in [0.2, 0.25) is 0 Å². The molecule has 0 spiro atoms. The van der Waals surface area contributed by atoms with Crippen molar-refractivity contribution in [2.24, 2.45) is 11.8 Å². The second-order valence-electron chi connectivity index (χ2n) is 7.34. The third-order valence-corrected chi connectivity index (χ3v) is 3.77. The fourth-order valence-electron chi connectivity index (χ4n) is 2.37. The smallest absolute Gasteiger partial charge is 0.255 e. The number of amides is 2. The van der Waals surface area contributed by atoms with E-state index in [2.05, 4.69) is 24.5 Å². The molecule has 0 saturated heterocycles. The van der Waals surface area contributed by atoms with Gasteiger partial charge >= 0.3 is 0 Å². The normalized spacial score (nSPS) is 10.7. The van der Waals surface area contributed by atoms with Crippen LogP contribution in [0.3, 0.4) is 0 Å². The molecule has 0 aromatic heterocycles. The van der Waals surface area contributed by atoms with Crippen LogP contribution in [0.1, 0.15) is 48.4 Å². The van der Waals surface area contributed by atoms with Crippen LogP contribution < -0.4 is 15.4 Å². The topological polar surface area (TPSA) is 67.4 Å². The molecule has 2 amide bonds. The largest absolute Gasteiger partial charge is 0.493 e. The van der Waals surface area contributed by atoms with Gasteiger partial charge in [-0.1, -0.05) is 45.9 Å². The van der Waals surface area contributed by atoms with Crippen molar-refractivity contribution < 1.29 is 14.3 Å². The summed E-state index contributed by atoms with van der Waals surface area (Å²) in [6, 6.07) is 14.0. The van der Waals surface area contributed by atoms with E-state index in [9.17, 15) is 9.59 Å². The average Bonchev–Trinajstić information content (AvgIpc) is 2.65. The van der Waals surface area contributed by atoms with E-state index in [1.54, 1.807) is 42.5 Å². The molecule has 0 bridgehead atoms. The Bertz CT molecular complexity index is 785. The number of anilines is 1. The highest BCUT2D eigenvalue weighted by Gasteiger charge is 2.14. The SMILES string of the molecule is CC(C)CNC(=O)c1ccccc1NC(=O)c1cccc(OCC(C)C)c1. The Hall–Kier alpha value is -2.82. The summed E-state index contributed by atoms with van der Waals surface area (Å²) in [6.45, 7) is 9.36. The van der Waals surface area contributed by atoms with Crippen LogP contribution >= 0.6 is 0 Å². The molecule has 0 unspecified atom stereocenters. The monoisotopic (exact) mass is 368 g/mol. The minimum atomic E-state index is -0.283. The second kappa shape index (κ2) is 9.76. The lowest BCUT2D eigenvalue weighted by Crippen LogP contribution is -2.28. The van der Waals surface area contributed by atoms with Crippen molar-refractivity contribution in [1.82, 2.24) is 5.32 Å². The van der Waals surface area contributed by atoms with Gasteiger partial charge in [0.25, 0.3) is 11.8 Å². The lowest BCUT2D eigenvalue weighted by atomic mass is 10.1. The molecule has 0 aliphatic carbocycles. The molecule has 5 heteroatoms. The summed E-state index contributed by atoms with van der Waals surface area (Å²) in [5, 5.41) is 5.71. The van der Waals surface area contributed by atoms with Crippen LogP contribution in [0.4, 0.5) is 5.69 Å². The van der Waals surface area contributed by atoms with Gasteiger partial charge in [-0.2, -0.15) is 0 Å². The van der Waals surface area contributed by atoms with E-state index in [1.807, 2.05) is 19.9 Å². The Morgan fingerprint density at radius 2 is 1.67 bits per heavy atom. The standard InChI is InChI=1S/C22H28N2O3/c1-15(2)13-23-22(26)19-10-5-6-11-20(19)24-21(25)17-8-7-9-18(12-17)27-14-16(3)4/h5-12,15-16H,13-14H2,1-4H3,(H,23,26)(H,24,25). The van der Waals surface area contributed by atoms with Crippen LogP contribution in [0.15, 0.2) is 48.5 Å². The number of ether oxygens (including phenoxy) is 1. The first-order valence-electron chi connectivity index (χ1n) is 9.28. The molecule has 0 aliphatic rings. The maximum atomic E-state index is 12.6. The van der Waals surface area contributed by atoms with Gasteiger partial charge in [0.15, 0.2) is 0 Å². The van der Waals surface area contributed by atoms with Crippen molar-refractivity contribution in [3.63, 3.8) is 0 Å². The highest BCUT2D eigenvalue weighted by Crippen LogP contribution is 2.19. The highest BCUT2D eigenvalue weighted by atomic mass is 16.5. The lowest BCUT2D eigenvalue weighted by Gasteiger charge is -2.13. The van der Waals surface area contributed by atoms with Gasteiger partial charge in [-0.25, -0.2) is 0 Å². The van der Waals surface area contributed by atoms with Crippen molar-refractivity contribution >= 4 is 17.5 Å². The maximum absolute atomic E-state index is 12.6. The molecule has 0 atom stereocenters. The summed E-state index contributed by atoms with van der Waals surface area (Å²) in [7, 11) is 0. The number of hydrogen-bond acceptors (Lipinski definition) is 3. The van der Waals surface area contributed by atoms with Gasteiger partial charge in [-0.3, -0.25) is 9.59 Å². The number of rotatable bonds is 8. The second-order valence-corrected chi connectivity index (χ2v) is 7.34. The Labute approximate surface area is 161 Å². The first-order chi connectivity index (χ1) is 12.9. The summed E-state index contributed by atoms with van der Waals surface area (Å²) < 4.78 is 5.68. The molecule has 2 aromatic rings. The molecule has 0 saturated carbocycles. The Morgan fingerprint density at radius 1 is 0.926 bits per heavy atom. The van der Waals surface area contributed by atoms with E-state index in [0.717, 1.165) is 0 Å². The van der Waals surface area contributed by atoms with E-state index in [1.165, 1.54) is 0 Å². The van der Waals surface area contributed by atoms with Crippen molar-refractivity contribution in [2.75, 3.05) is 18.5 Å². The molecule has 0 fully saturated rings. The van der Waals surface area contributed by atoms with Gasteiger partial charge in [0, 0.05) is 12.1 Å². The van der Waals surface area contributed by atoms with Crippen LogP contribution in [0.5, 0.6) is 5.75 Å². The van der Waals surface area contributed by atoms with E-state index in [0.29, 0.717) is 47.6 Å². The zero-order valence-corrected chi connectivity index (χ0v) is 16.4. The fraction of sp³-hybridized carbons (Fsp3) is 0.364. The van der Waals surface area contributed by atoms with Gasteiger partial charge in [-0.05, 0) is 42.2 Å².